The number of fused-ring (bicyclic) bond motifs is 1. The number of para-hydroxylation sites is 1. The molecule has 3 amide bonds. The second-order valence-electron chi connectivity index (χ2n) is 14.2. The minimum Gasteiger partial charge on any atom is -0.396 e. The van der Waals surface area contributed by atoms with Crippen molar-refractivity contribution < 1.29 is 19.5 Å². The Morgan fingerprint density at radius 2 is 1.71 bits per heavy atom. The van der Waals surface area contributed by atoms with Crippen molar-refractivity contribution >= 4 is 35.2 Å². The molecule has 1 aromatic rings. The maximum Gasteiger partial charge on any atom is 0.247 e. The quantitative estimate of drug-likeness (QED) is 0.332. The molecule has 3 heterocycles. The van der Waals surface area contributed by atoms with Crippen LogP contribution in [0.5, 0.6) is 0 Å². The van der Waals surface area contributed by atoms with Gasteiger partial charge in [-0.15, -0.1) is 24.9 Å². The number of benzene rings is 1. The lowest BCUT2D eigenvalue weighted by atomic mass is 9.66. The maximum atomic E-state index is 14.9. The Balaban J connectivity index is 1.80. The standard InChI is InChI=1S/C34H49N3O4S/c1-9-19-35(24-15-12-11-13-16-24)28(39)25-26-29(40)36(21-14-22-38)27(34(26)18-17-33(25,8)42-34)30(41)37(20-10-2)32(6,7)23-31(3,4)5/h9-13,15-16,25-27,38H,1-2,14,17-23H2,3-8H3/t25-,26+,27?,33+,34?/m1/s1. The third-order valence-electron chi connectivity index (χ3n) is 9.25. The Hall–Kier alpha value is -2.58. The van der Waals surface area contributed by atoms with Gasteiger partial charge in [0.25, 0.3) is 0 Å². The van der Waals surface area contributed by atoms with E-state index >= 15 is 0 Å². The highest BCUT2D eigenvalue weighted by Crippen LogP contribution is 2.71. The van der Waals surface area contributed by atoms with Crippen molar-refractivity contribution in [3.63, 3.8) is 0 Å². The molecule has 1 aromatic carbocycles. The molecule has 4 rings (SSSR count). The van der Waals surface area contributed by atoms with Crippen LogP contribution in [0, 0.1) is 17.3 Å². The predicted molar refractivity (Wildman–Crippen MR) is 171 cm³/mol. The zero-order chi connectivity index (χ0) is 31.1. The van der Waals surface area contributed by atoms with Crippen LogP contribution < -0.4 is 4.90 Å². The number of thioether (sulfide) groups is 1. The molecule has 3 saturated heterocycles. The molecule has 7 nitrogen and oxygen atoms in total. The normalized spacial score (nSPS) is 28.5. The van der Waals surface area contributed by atoms with Crippen LogP contribution in [0.4, 0.5) is 5.69 Å². The zero-order valence-corrected chi connectivity index (χ0v) is 27.1. The molecule has 0 aliphatic carbocycles. The van der Waals surface area contributed by atoms with Crippen molar-refractivity contribution in [3.8, 4) is 0 Å². The minimum absolute atomic E-state index is 0.0241. The summed E-state index contributed by atoms with van der Waals surface area (Å²) in [6.07, 6.45) is 6.05. The monoisotopic (exact) mass is 595 g/mol. The molecule has 2 unspecified atom stereocenters. The van der Waals surface area contributed by atoms with Gasteiger partial charge in [-0.3, -0.25) is 14.4 Å². The van der Waals surface area contributed by atoms with Crippen LogP contribution in [0.1, 0.15) is 67.2 Å². The second-order valence-corrected chi connectivity index (χ2v) is 16.1. The number of hydrogen-bond donors (Lipinski definition) is 1. The molecule has 8 heteroatoms. The van der Waals surface area contributed by atoms with Crippen molar-refractivity contribution in [2.45, 2.75) is 88.3 Å². The Morgan fingerprint density at radius 1 is 1.07 bits per heavy atom. The summed E-state index contributed by atoms with van der Waals surface area (Å²) in [5.74, 6) is -1.52. The number of rotatable bonds is 12. The largest absolute Gasteiger partial charge is 0.396 e. The molecule has 230 valence electrons. The number of anilines is 1. The maximum absolute atomic E-state index is 14.9. The van der Waals surface area contributed by atoms with Gasteiger partial charge in [0, 0.05) is 42.2 Å². The summed E-state index contributed by atoms with van der Waals surface area (Å²) in [6, 6.07) is 8.81. The lowest BCUT2D eigenvalue weighted by Crippen LogP contribution is -2.60. The molecule has 0 saturated carbocycles. The van der Waals surface area contributed by atoms with Crippen LogP contribution in [-0.2, 0) is 14.4 Å². The van der Waals surface area contributed by atoms with E-state index in [9.17, 15) is 19.5 Å². The summed E-state index contributed by atoms with van der Waals surface area (Å²) in [7, 11) is 0. The molecule has 0 aromatic heterocycles. The lowest BCUT2D eigenvalue weighted by Gasteiger charge is -2.46. The molecular formula is C34H49N3O4S. The van der Waals surface area contributed by atoms with E-state index in [4.69, 9.17) is 0 Å². The van der Waals surface area contributed by atoms with E-state index in [0.717, 1.165) is 18.5 Å². The molecule has 2 bridgehead atoms. The zero-order valence-electron chi connectivity index (χ0n) is 26.3. The van der Waals surface area contributed by atoms with Crippen LogP contribution in [-0.4, -0.2) is 79.9 Å². The van der Waals surface area contributed by atoms with Gasteiger partial charge < -0.3 is 19.8 Å². The van der Waals surface area contributed by atoms with Gasteiger partial charge in [-0.25, -0.2) is 0 Å². The fraction of sp³-hybridized carbons (Fsp3) is 0.618. The van der Waals surface area contributed by atoms with Gasteiger partial charge in [0.2, 0.25) is 17.7 Å². The average molecular weight is 596 g/mol. The highest BCUT2D eigenvalue weighted by Gasteiger charge is 2.77. The van der Waals surface area contributed by atoms with Crippen molar-refractivity contribution in [1.82, 2.24) is 9.80 Å². The van der Waals surface area contributed by atoms with Gasteiger partial charge in [0.05, 0.1) is 16.6 Å². The van der Waals surface area contributed by atoms with Crippen molar-refractivity contribution in [2.75, 3.05) is 31.1 Å². The second kappa shape index (κ2) is 11.8. The van der Waals surface area contributed by atoms with E-state index in [1.165, 1.54) is 0 Å². The Bertz CT molecular complexity index is 1210. The number of carbonyl (C=O) groups is 3. The molecule has 42 heavy (non-hydrogen) atoms. The lowest BCUT2D eigenvalue weighted by molar-refractivity contribution is -0.146. The van der Waals surface area contributed by atoms with Crippen molar-refractivity contribution in [1.29, 1.82) is 0 Å². The summed E-state index contributed by atoms with van der Waals surface area (Å²) in [5, 5.41) is 9.74. The number of carbonyl (C=O) groups excluding carboxylic acids is 3. The number of aliphatic hydroxyl groups excluding tert-OH is 1. The molecular weight excluding hydrogens is 546 g/mol. The van der Waals surface area contributed by atoms with E-state index < -0.39 is 32.9 Å². The molecule has 3 aliphatic rings. The molecule has 3 fully saturated rings. The fourth-order valence-electron chi connectivity index (χ4n) is 8.10. The molecule has 1 N–H and O–H groups in total. The molecule has 3 aliphatic heterocycles. The van der Waals surface area contributed by atoms with Crippen LogP contribution in [0.25, 0.3) is 0 Å². The van der Waals surface area contributed by atoms with E-state index in [0.29, 0.717) is 25.9 Å². The predicted octanol–water partition coefficient (Wildman–Crippen LogP) is 5.30. The first-order chi connectivity index (χ1) is 19.7. The number of amides is 3. The number of likely N-dealkylation sites (tertiary alicyclic amines) is 1. The van der Waals surface area contributed by atoms with E-state index in [2.05, 4.69) is 54.7 Å². The minimum atomic E-state index is -0.716. The summed E-state index contributed by atoms with van der Waals surface area (Å²) >= 11 is 1.68. The van der Waals surface area contributed by atoms with Crippen LogP contribution >= 0.6 is 11.8 Å². The van der Waals surface area contributed by atoms with Gasteiger partial charge in [0.1, 0.15) is 6.04 Å². The fourth-order valence-corrected chi connectivity index (χ4v) is 10.4. The number of nitrogens with zero attached hydrogens (tertiary/aromatic N) is 3. The molecule has 0 radical (unpaired) electrons. The highest BCUT2D eigenvalue weighted by molar-refractivity contribution is 8.02. The van der Waals surface area contributed by atoms with Crippen molar-refractivity contribution in [2.24, 2.45) is 17.3 Å². The van der Waals surface area contributed by atoms with E-state index in [1.807, 2.05) is 35.2 Å². The summed E-state index contributed by atoms with van der Waals surface area (Å²) in [6.45, 7) is 21.5. The topological polar surface area (TPSA) is 81.2 Å². The SMILES string of the molecule is C=CCN(C(=O)[C@H]1[C@H]2C(=O)N(CCCO)C(C(=O)N(CC=C)C(C)(C)CC(C)(C)C)C23CC[C@]1(C)S3)c1ccccc1. The van der Waals surface area contributed by atoms with Gasteiger partial charge in [-0.2, -0.15) is 0 Å². The third-order valence-corrected chi connectivity index (χ3v) is 11.2. The third kappa shape index (κ3) is 5.57. The Kier molecular flexibility index (Phi) is 9.11. The number of aliphatic hydroxyl groups is 1. The molecule has 5 atom stereocenters. The van der Waals surface area contributed by atoms with Crippen LogP contribution in [0.2, 0.25) is 0 Å². The van der Waals surface area contributed by atoms with E-state index in [1.54, 1.807) is 33.7 Å². The molecule has 1 spiro atoms. The smallest absolute Gasteiger partial charge is 0.247 e. The first-order valence-electron chi connectivity index (χ1n) is 15.2. The van der Waals surface area contributed by atoms with E-state index in [-0.39, 0.29) is 36.3 Å². The van der Waals surface area contributed by atoms with Gasteiger partial charge >= 0.3 is 0 Å². The number of hydrogen-bond acceptors (Lipinski definition) is 5. The highest BCUT2D eigenvalue weighted by atomic mass is 32.2. The van der Waals surface area contributed by atoms with Gasteiger partial charge in [-0.1, -0.05) is 51.1 Å². The average Bonchev–Trinajstić information content (AvgIpc) is 3.48. The first kappa shape index (κ1) is 32.3. The van der Waals surface area contributed by atoms with Gasteiger partial charge in [0.15, 0.2) is 0 Å². The first-order valence-corrected chi connectivity index (χ1v) is 16.0. The Morgan fingerprint density at radius 3 is 2.29 bits per heavy atom. The van der Waals surface area contributed by atoms with Crippen LogP contribution in [0.15, 0.2) is 55.6 Å². The summed E-state index contributed by atoms with van der Waals surface area (Å²) in [4.78, 5) is 49.2. The Labute approximate surface area is 256 Å². The van der Waals surface area contributed by atoms with Crippen LogP contribution in [0.3, 0.4) is 0 Å². The van der Waals surface area contributed by atoms with Crippen molar-refractivity contribution in [3.05, 3.63) is 55.6 Å². The summed E-state index contributed by atoms with van der Waals surface area (Å²) in [5.41, 5.74) is 0.256. The van der Waals surface area contributed by atoms with Gasteiger partial charge in [-0.05, 0) is 64.0 Å². The summed E-state index contributed by atoms with van der Waals surface area (Å²) < 4.78 is -1.19.